The molecule has 2 aromatic carbocycles. The number of halogens is 1. The fourth-order valence-corrected chi connectivity index (χ4v) is 4.10. The molecule has 8 nitrogen and oxygen atoms in total. The van der Waals surface area contributed by atoms with Crippen LogP contribution in [0.1, 0.15) is 18.9 Å². The van der Waals surface area contributed by atoms with Gasteiger partial charge in [0.25, 0.3) is 10.0 Å². The Morgan fingerprint density at radius 1 is 1.26 bits per heavy atom. The molecule has 27 heavy (non-hydrogen) atoms. The Kier molecular flexibility index (Phi) is 4.83. The van der Waals surface area contributed by atoms with Crippen molar-refractivity contribution in [1.82, 2.24) is 0 Å². The van der Waals surface area contributed by atoms with Crippen molar-refractivity contribution in [2.24, 2.45) is 0 Å². The van der Waals surface area contributed by atoms with Gasteiger partial charge < -0.3 is 4.90 Å². The predicted molar refractivity (Wildman–Crippen MR) is 96.7 cm³/mol. The highest BCUT2D eigenvalue weighted by molar-refractivity contribution is 7.92. The van der Waals surface area contributed by atoms with Crippen molar-refractivity contribution in [2.45, 2.75) is 24.7 Å². The van der Waals surface area contributed by atoms with E-state index in [0.717, 1.165) is 23.8 Å². The van der Waals surface area contributed by atoms with Gasteiger partial charge in [0.05, 0.1) is 15.5 Å². The van der Waals surface area contributed by atoms with Crippen LogP contribution in [-0.4, -0.2) is 25.8 Å². The molecule has 2 aromatic rings. The van der Waals surface area contributed by atoms with Crippen molar-refractivity contribution in [3.63, 3.8) is 0 Å². The van der Waals surface area contributed by atoms with E-state index in [2.05, 4.69) is 4.72 Å². The third-order valence-corrected chi connectivity index (χ3v) is 5.63. The molecule has 0 spiro atoms. The first kappa shape index (κ1) is 18.8. The third kappa shape index (κ3) is 3.75. The van der Waals surface area contributed by atoms with Crippen molar-refractivity contribution in [3.05, 3.63) is 57.9 Å². The van der Waals surface area contributed by atoms with Crippen LogP contribution < -0.4 is 9.62 Å². The van der Waals surface area contributed by atoms with Crippen LogP contribution in [0.3, 0.4) is 0 Å². The summed E-state index contributed by atoms with van der Waals surface area (Å²) in [4.78, 5) is 23.1. The Hall–Kier alpha value is -3.01. The quantitative estimate of drug-likeness (QED) is 0.634. The molecule has 0 bridgehead atoms. The fourth-order valence-electron chi connectivity index (χ4n) is 3.00. The Labute approximate surface area is 154 Å². The number of nitrogens with one attached hydrogen (secondary N) is 1. The van der Waals surface area contributed by atoms with Crippen molar-refractivity contribution in [3.8, 4) is 0 Å². The van der Waals surface area contributed by atoms with Crippen LogP contribution in [0.2, 0.25) is 0 Å². The Bertz CT molecular complexity index is 1040. The molecule has 0 saturated heterocycles. The summed E-state index contributed by atoms with van der Waals surface area (Å²) in [6.45, 7) is 2.02. The highest BCUT2D eigenvalue weighted by Gasteiger charge is 2.24. The molecule has 1 N–H and O–H groups in total. The molecule has 0 unspecified atom stereocenters. The topological polar surface area (TPSA) is 110 Å². The fraction of sp³-hybridized carbons (Fsp3) is 0.235. The molecule has 142 valence electrons. The summed E-state index contributed by atoms with van der Waals surface area (Å²) >= 11 is 0. The largest absolute Gasteiger partial charge is 0.312 e. The number of nitrogens with zero attached hydrogens (tertiary/aromatic N) is 2. The van der Waals surface area contributed by atoms with E-state index in [-0.39, 0.29) is 16.5 Å². The van der Waals surface area contributed by atoms with Crippen molar-refractivity contribution in [1.29, 1.82) is 0 Å². The molecule has 0 atom stereocenters. The van der Waals surface area contributed by atoms with Crippen LogP contribution in [0.15, 0.2) is 41.3 Å². The molecular weight excluding hydrogens is 377 g/mol. The summed E-state index contributed by atoms with van der Waals surface area (Å²) in [6.07, 6.45) is 1.35. The van der Waals surface area contributed by atoms with Crippen LogP contribution in [0, 0.1) is 15.9 Å². The van der Waals surface area contributed by atoms with E-state index >= 15 is 0 Å². The number of nitro groups is 1. The van der Waals surface area contributed by atoms with Crippen LogP contribution in [0.25, 0.3) is 0 Å². The number of sulfonamides is 1. The van der Waals surface area contributed by atoms with Crippen molar-refractivity contribution >= 4 is 33.0 Å². The van der Waals surface area contributed by atoms with Gasteiger partial charge in [-0.1, -0.05) is 0 Å². The van der Waals surface area contributed by atoms with Gasteiger partial charge in [0, 0.05) is 25.2 Å². The molecule has 0 saturated carbocycles. The van der Waals surface area contributed by atoms with Gasteiger partial charge >= 0.3 is 5.69 Å². The van der Waals surface area contributed by atoms with Gasteiger partial charge in [-0.25, -0.2) is 8.42 Å². The number of aryl methyl sites for hydroxylation is 1. The minimum Gasteiger partial charge on any atom is -0.312 e. The maximum atomic E-state index is 13.4. The second kappa shape index (κ2) is 6.95. The van der Waals surface area contributed by atoms with Gasteiger partial charge in [-0.2, -0.15) is 4.39 Å². The standard InChI is InChI=1S/C17H16FN3O5S/c1-11(22)20-8-2-3-12-9-14(5-7-16(12)20)27(25,26)19-13-4-6-15(18)17(10-13)21(23)24/h4-7,9-10,19H,2-3,8H2,1H3. The van der Waals surface area contributed by atoms with E-state index in [1.807, 2.05) is 0 Å². The minimum atomic E-state index is -4.04. The average molecular weight is 393 g/mol. The predicted octanol–water partition coefficient (Wildman–Crippen LogP) is 2.83. The normalized spacial score (nSPS) is 13.8. The van der Waals surface area contributed by atoms with E-state index < -0.39 is 26.5 Å². The third-order valence-electron chi connectivity index (χ3n) is 4.26. The van der Waals surface area contributed by atoms with Crippen LogP contribution in [-0.2, 0) is 21.2 Å². The van der Waals surface area contributed by atoms with Crippen molar-refractivity contribution in [2.75, 3.05) is 16.2 Å². The lowest BCUT2D eigenvalue weighted by Gasteiger charge is -2.28. The molecule has 0 aliphatic carbocycles. The number of benzene rings is 2. The molecule has 10 heteroatoms. The van der Waals surface area contributed by atoms with Gasteiger partial charge in [-0.3, -0.25) is 19.6 Å². The number of fused-ring (bicyclic) bond motifs is 1. The van der Waals surface area contributed by atoms with Gasteiger partial charge in [-0.15, -0.1) is 0 Å². The Balaban J connectivity index is 1.93. The maximum absolute atomic E-state index is 13.4. The summed E-state index contributed by atoms with van der Waals surface area (Å²) in [5.41, 5.74) is 0.457. The zero-order valence-corrected chi connectivity index (χ0v) is 15.1. The second-order valence-electron chi connectivity index (χ2n) is 6.09. The number of hydrogen-bond acceptors (Lipinski definition) is 5. The number of amides is 1. The zero-order valence-electron chi connectivity index (χ0n) is 14.3. The number of hydrogen-bond donors (Lipinski definition) is 1. The van der Waals surface area contributed by atoms with E-state index in [0.29, 0.717) is 25.1 Å². The summed E-state index contributed by atoms with van der Waals surface area (Å²) in [7, 11) is -4.04. The van der Waals surface area contributed by atoms with Gasteiger partial charge in [0.2, 0.25) is 11.7 Å². The van der Waals surface area contributed by atoms with Crippen molar-refractivity contribution < 1.29 is 22.5 Å². The number of rotatable bonds is 4. The van der Waals surface area contributed by atoms with E-state index in [9.17, 15) is 27.7 Å². The van der Waals surface area contributed by atoms with Gasteiger partial charge in [-0.05, 0) is 48.7 Å². The molecule has 0 aromatic heterocycles. The molecule has 3 rings (SSSR count). The first-order valence-corrected chi connectivity index (χ1v) is 9.55. The highest BCUT2D eigenvalue weighted by Crippen LogP contribution is 2.30. The van der Waals surface area contributed by atoms with E-state index in [1.165, 1.54) is 19.1 Å². The molecule has 1 amide bonds. The van der Waals surface area contributed by atoms with E-state index in [4.69, 9.17) is 0 Å². The maximum Gasteiger partial charge on any atom is 0.306 e. The number of anilines is 2. The number of carbonyl (C=O) groups excluding carboxylic acids is 1. The molecule has 1 aliphatic heterocycles. The van der Waals surface area contributed by atoms with Gasteiger partial charge in [0.1, 0.15) is 0 Å². The number of carbonyl (C=O) groups is 1. The number of nitro benzene ring substituents is 1. The SMILES string of the molecule is CC(=O)N1CCCc2cc(S(=O)(=O)Nc3ccc(F)c([N+](=O)[O-])c3)ccc21. The summed E-state index contributed by atoms with van der Waals surface area (Å²) in [6, 6.07) is 7.16. The summed E-state index contributed by atoms with van der Waals surface area (Å²) in [5.74, 6) is -1.18. The average Bonchev–Trinajstić information content (AvgIpc) is 2.61. The summed E-state index contributed by atoms with van der Waals surface area (Å²) in [5, 5.41) is 10.8. The van der Waals surface area contributed by atoms with Crippen LogP contribution in [0.4, 0.5) is 21.5 Å². The highest BCUT2D eigenvalue weighted by atomic mass is 32.2. The zero-order chi connectivity index (χ0) is 19.8. The first-order chi connectivity index (χ1) is 12.7. The Morgan fingerprint density at radius 2 is 2.00 bits per heavy atom. The molecule has 0 fully saturated rings. The van der Waals surface area contributed by atoms with Crippen LogP contribution >= 0.6 is 0 Å². The molecular formula is C17H16FN3O5S. The summed E-state index contributed by atoms with van der Waals surface area (Å²) < 4.78 is 40.9. The minimum absolute atomic E-state index is 0.0429. The monoisotopic (exact) mass is 393 g/mol. The second-order valence-corrected chi connectivity index (χ2v) is 7.78. The molecule has 0 radical (unpaired) electrons. The lowest BCUT2D eigenvalue weighted by Crippen LogP contribution is -2.33. The Morgan fingerprint density at radius 3 is 2.67 bits per heavy atom. The lowest BCUT2D eigenvalue weighted by atomic mass is 10.0. The lowest BCUT2D eigenvalue weighted by molar-refractivity contribution is -0.387. The smallest absolute Gasteiger partial charge is 0.306 e. The molecule has 1 heterocycles. The van der Waals surface area contributed by atoms with Gasteiger partial charge in [0.15, 0.2) is 0 Å². The van der Waals surface area contributed by atoms with Crippen LogP contribution in [0.5, 0.6) is 0 Å². The molecule has 1 aliphatic rings. The van der Waals surface area contributed by atoms with E-state index in [1.54, 1.807) is 11.0 Å². The first-order valence-electron chi connectivity index (χ1n) is 8.07.